The van der Waals surface area contributed by atoms with Crippen molar-refractivity contribution in [1.82, 2.24) is 9.80 Å². The highest BCUT2D eigenvalue weighted by atomic mass is 16.5. The zero-order valence-electron chi connectivity index (χ0n) is 15.4. The number of amides is 1. The highest BCUT2D eigenvalue weighted by molar-refractivity contribution is 5.94. The van der Waals surface area contributed by atoms with Gasteiger partial charge in [0.25, 0.3) is 5.91 Å². The lowest BCUT2D eigenvalue weighted by Gasteiger charge is -2.22. The summed E-state index contributed by atoms with van der Waals surface area (Å²) < 4.78 is 5.21. The van der Waals surface area contributed by atoms with Crippen LogP contribution >= 0.6 is 0 Å². The molecule has 1 fully saturated rings. The highest BCUT2D eigenvalue weighted by Crippen LogP contribution is 2.15. The first-order valence-electron chi connectivity index (χ1n) is 9.13. The lowest BCUT2D eigenvalue weighted by molar-refractivity contribution is 0.0761. The SMILES string of the molecule is COc1ccc(CN2CCCN(C(=O)c3ccc(CN)cc3)CC2)cc1. The quantitative estimate of drug-likeness (QED) is 0.897. The minimum absolute atomic E-state index is 0.111. The van der Waals surface area contributed by atoms with E-state index in [9.17, 15) is 4.79 Å². The van der Waals surface area contributed by atoms with Crippen LogP contribution in [-0.2, 0) is 13.1 Å². The van der Waals surface area contributed by atoms with E-state index in [1.54, 1.807) is 7.11 Å². The van der Waals surface area contributed by atoms with Crippen LogP contribution in [0.1, 0.15) is 27.9 Å². The molecule has 3 rings (SSSR count). The summed E-state index contributed by atoms with van der Waals surface area (Å²) in [6, 6.07) is 15.8. The Morgan fingerprint density at radius 1 is 0.962 bits per heavy atom. The van der Waals surface area contributed by atoms with Crippen molar-refractivity contribution in [3.05, 3.63) is 65.2 Å². The summed E-state index contributed by atoms with van der Waals surface area (Å²) in [6.07, 6.45) is 0.989. The first kappa shape index (κ1) is 18.4. The average molecular weight is 353 g/mol. The van der Waals surface area contributed by atoms with E-state index < -0.39 is 0 Å². The van der Waals surface area contributed by atoms with Crippen molar-refractivity contribution in [2.24, 2.45) is 5.73 Å². The molecule has 1 saturated heterocycles. The molecule has 138 valence electrons. The molecule has 1 amide bonds. The topological polar surface area (TPSA) is 58.8 Å². The third kappa shape index (κ3) is 4.62. The Morgan fingerprint density at radius 2 is 1.65 bits per heavy atom. The standard InChI is InChI=1S/C21H27N3O2/c1-26-20-9-5-18(6-10-20)16-23-11-2-12-24(14-13-23)21(25)19-7-3-17(15-22)4-8-19/h3-10H,2,11-16,22H2,1H3. The summed E-state index contributed by atoms with van der Waals surface area (Å²) in [6.45, 7) is 4.85. The maximum atomic E-state index is 12.7. The van der Waals surface area contributed by atoms with E-state index in [1.165, 1.54) is 5.56 Å². The van der Waals surface area contributed by atoms with Crippen LogP contribution in [0.3, 0.4) is 0 Å². The normalized spacial score (nSPS) is 15.5. The molecule has 0 aliphatic carbocycles. The monoisotopic (exact) mass is 353 g/mol. The van der Waals surface area contributed by atoms with Gasteiger partial charge in [-0.05, 0) is 41.8 Å². The Hall–Kier alpha value is -2.37. The molecule has 2 N–H and O–H groups in total. The summed E-state index contributed by atoms with van der Waals surface area (Å²) in [5, 5.41) is 0. The summed E-state index contributed by atoms with van der Waals surface area (Å²) in [7, 11) is 1.68. The van der Waals surface area contributed by atoms with Crippen LogP contribution < -0.4 is 10.5 Å². The Bertz CT molecular complexity index is 713. The fourth-order valence-electron chi connectivity index (χ4n) is 3.29. The molecule has 5 heteroatoms. The third-order valence-electron chi connectivity index (χ3n) is 4.88. The summed E-state index contributed by atoms with van der Waals surface area (Å²) in [5.74, 6) is 0.988. The molecule has 0 aromatic heterocycles. The van der Waals surface area contributed by atoms with Crippen molar-refractivity contribution >= 4 is 5.91 Å². The van der Waals surface area contributed by atoms with E-state index in [0.717, 1.165) is 56.0 Å². The molecule has 1 heterocycles. The fourth-order valence-corrected chi connectivity index (χ4v) is 3.29. The predicted octanol–water partition coefficient (Wildman–Crippen LogP) is 2.50. The van der Waals surface area contributed by atoms with E-state index in [4.69, 9.17) is 10.5 Å². The first-order valence-corrected chi connectivity index (χ1v) is 9.13. The molecule has 1 aliphatic heterocycles. The number of nitrogens with zero attached hydrogens (tertiary/aromatic N) is 2. The largest absolute Gasteiger partial charge is 0.497 e. The lowest BCUT2D eigenvalue weighted by atomic mass is 10.1. The van der Waals surface area contributed by atoms with Gasteiger partial charge in [-0.1, -0.05) is 24.3 Å². The van der Waals surface area contributed by atoms with E-state index in [0.29, 0.717) is 6.54 Å². The van der Waals surface area contributed by atoms with Crippen LogP contribution in [0.5, 0.6) is 5.75 Å². The summed E-state index contributed by atoms with van der Waals surface area (Å²) in [4.78, 5) is 17.1. The number of methoxy groups -OCH3 is 1. The molecule has 0 radical (unpaired) electrons. The van der Waals surface area contributed by atoms with Crippen LogP contribution in [-0.4, -0.2) is 49.0 Å². The van der Waals surface area contributed by atoms with Gasteiger partial charge in [0.05, 0.1) is 7.11 Å². The van der Waals surface area contributed by atoms with Crippen LogP contribution in [0.2, 0.25) is 0 Å². The number of carbonyl (C=O) groups is 1. The van der Waals surface area contributed by atoms with Gasteiger partial charge >= 0.3 is 0 Å². The maximum absolute atomic E-state index is 12.7. The van der Waals surface area contributed by atoms with Gasteiger partial charge in [0.2, 0.25) is 0 Å². The second kappa shape index (κ2) is 8.83. The second-order valence-corrected chi connectivity index (χ2v) is 6.67. The maximum Gasteiger partial charge on any atom is 0.253 e. The van der Waals surface area contributed by atoms with E-state index in [1.807, 2.05) is 41.3 Å². The van der Waals surface area contributed by atoms with Crippen LogP contribution in [0, 0.1) is 0 Å². The van der Waals surface area contributed by atoms with E-state index >= 15 is 0 Å². The Labute approximate surface area is 155 Å². The van der Waals surface area contributed by atoms with Crippen molar-refractivity contribution in [3.63, 3.8) is 0 Å². The summed E-state index contributed by atoms with van der Waals surface area (Å²) >= 11 is 0. The van der Waals surface area contributed by atoms with Crippen molar-refractivity contribution in [3.8, 4) is 5.75 Å². The van der Waals surface area contributed by atoms with Gasteiger partial charge < -0.3 is 15.4 Å². The average Bonchev–Trinajstić information content (AvgIpc) is 2.94. The van der Waals surface area contributed by atoms with Crippen LogP contribution in [0.15, 0.2) is 48.5 Å². The van der Waals surface area contributed by atoms with E-state index in [2.05, 4.69) is 17.0 Å². The first-order chi connectivity index (χ1) is 12.7. The number of hydrogen-bond donors (Lipinski definition) is 1. The number of hydrogen-bond acceptors (Lipinski definition) is 4. The molecular formula is C21H27N3O2. The molecule has 0 spiro atoms. The van der Waals surface area contributed by atoms with Gasteiger partial charge in [-0.3, -0.25) is 9.69 Å². The van der Waals surface area contributed by atoms with Gasteiger partial charge in [-0.15, -0.1) is 0 Å². The molecule has 2 aromatic carbocycles. The molecule has 0 saturated carbocycles. The number of carbonyl (C=O) groups excluding carboxylic acids is 1. The van der Waals surface area contributed by atoms with Crippen LogP contribution in [0.4, 0.5) is 0 Å². The number of benzene rings is 2. The van der Waals surface area contributed by atoms with Gasteiger partial charge in [0.15, 0.2) is 0 Å². The number of ether oxygens (including phenoxy) is 1. The minimum atomic E-state index is 0.111. The second-order valence-electron chi connectivity index (χ2n) is 6.67. The molecule has 0 bridgehead atoms. The lowest BCUT2D eigenvalue weighted by Crippen LogP contribution is -2.35. The fraction of sp³-hybridized carbons (Fsp3) is 0.381. The number of rotatable bonds is 5. The van der Waals surface area contributed by atoms with Gasteiger partial charge in [0, 0.05) is 44.8 Å². The van der Waals surface area contributed by atoms with E-state index in [-0.39, 0.29) is 5.91 Å². The molecule has 0 atom stereocenters. The molecular weight excluding hydrogens is 326 g/mol. The predicted molar refractivity (Wildman–Crippen MR) is 103 cm³/mol. The number of nitrogens with two attached hydrogens (primary N) is 1. The van der Waals surface area contributed by atoms with Gasteiger partial charge in [-0.2, -0.15) is 0 Å². The third-order valence-corrected chi connectivity index (χ3v) is 4.88. The Kier molecular flexibility index (Phi) is 6.26. The Morgan fingerprint density at radius 3 is 2.31 bits per heavy atom. The van der Waals surface area contributed by atoms with Crippen molar-refractivity contribution in [2.45, 2.75) is 19.5 Å². The molecule has 5 nitrogen and oxygen atoms in total. The molecule has 0 unspecified atom stereocenters. The highest BCUT2D eigenvalue weighted by Gasteiger charge is 2.20. The molecule has 26 heavy (non-hydrogen) atoms. The molecule has 1 aliphatic rings. The minimum Gasteiger partial charge on any atom is -0.497 e. The van der Waals surface area contributed by atoms with Crippen molar-refractivity contribution in [1.29, 1.82) is 0 Å². The molecule has 2 aromatic rings. The Balaban J connectivity index is 1.57. The van der Waals surface area contributed by atoms with Gasteiger partial charge in [-0.25, -0.2) is 0 Å². The van der Waals surface area contributed by atoms with Gasteiger partial charge in [0.1, 0.15) is 5.75 Å². The van der Waals surface area contributed by atoms with Crippen LogP contribution in [0.25, 0.3) is 0 Å². The zero-order chi connectivity index (χ0) is 18.4. The summed E-state index contributed by atoms with van der Waals surface area (Å²) in [5.41, 5.74) is 8.68. The zero-order valence-corrected chi connectivity index (χ0v) is 15.4. The van der Waals surface area contributed by atoms with Crippen molar-refractivity contribution < 1.29 is 9.53 Å². The van der Waals surface area contributed by atoms with Crippen molar-refractivity contribution in [2.75, 3.05) is 33.3 Å². The smallest absolute Gasteiger partial charge is 0.253 e.